The quantitative estimate of drug-likeness (QED) is 0.622. The highest BCUT2D eigenvalue weighted by Gasteiger charge is 2.18. The fourth-order valence-corrected chi connectivity index (χ4v) is 3.06. The smallest absolute Gasteiger partial charge is 0.133 e. The third-order valence-electron chi connectivity index (χ3n) is 3.60. The number of halogens is 1. The van der Waals surface area contributed by atoms with E-state index in [4.69, 9.17) is 9.47 Å². The molecule has 0 aliphatic heterocycles. The molecule has 1 aromatic rings. The second kappa shape index (κ2) is 10.2. The molecule has 3 nitrogen and oxygen atoms in total. The number of benzene rings is 1. The van der Waals surface area contributed by atoms with Crippen molar-refractivity contribution in [3.8, 4) is 5.75 Å². The van der Waals surface area contributed by atoms with Gasteiger partial charge in [0.05, 0.1) is 11.1 Å². The van der Waals surface area contributed by atoms with Gasteiger partial charge in [-0.25, -0.2) is 0 Å². The number of nitrogens with one attached hydrogen (secondary N) is 1. The summed E-state index contributed by atoms with van der Waals surface area (Å²) in [6.45, 7) is 8.85. The zero-order valence-corrected chi connectivity index (χ0v) is 15.2. The Morgan fingerprint density at radius 2 is 2.00 bits per heavy atom. The van der Waals surface area contributed by atoms with Crippen LogP contribution in [0.2, 0.25) is 0 Å². The summed E-state index contributed by atoms with van der Waals surface area (Å²) in [4.78, 5) is 0. The molecule has 2 unspecified atom stereocenters. The Balaban J connectivity index is 2.82. The maximum absolute atomic E-state index is 5.69. The van der Waals surface area contributed by atoms with Gasteiger partial charge in [-0.05, 0) is 52.5 Å². The predicted octanol–water partition coefficient (Wildman–Crippen LogP) is 4.56. The molecule has 1 N–H and O–H groups in total. The zero-order chi connectivity index (χ0) is 15.7. The summed E-state index contributed by atoms with van der Waals surface area (Å²) in [5.41, 5.74) is 1.31. The topological polar surface area (TPSA) is 30.5 Å². The van der Waals surface area contributed by atoms with Crippen molar-refractivity contribution in [3.05, 3.63) is 28.2 Å². The third-order valence-corrected chi connectivity index (χ3v) is 4.22. The summed E-state index contributed by atoms with van der Waals surface area (Å²) in [6, 6.07) is 6.76. The van der Waals surface area contributed by atoms with Crippen molar-refractivity contribution in [1.29, 1.82) is 0 Å². The van der Waals surface area contributed by atoms with E-state index in [2.05, 4.69) is 54.2 Å². The van der Waals surface area contributed by atoms with Crippen LogP contribution in [0.5, 0.6) is 5.75 Å². The first-order valence-electron chi connectivity index (χ1n) is 7.78. The highest BCUT2D eigenvalue weighted by molar-refractivity contribution is 9.10. The SMILES string of the molecule is CCCC(C)C(NCC)c1ccc(OCCOC)c(Br)c1. The maximum atomic E-state index is 5.69. The monoisotopic (exact) mass is 357 g/mol. The van der Waals surface area contributed by atoms with E-state index >= 15 is 0 Å². The Kier molecular flexibility index (Phi) is 8.97. The Hall–Kier alpha value is -0.580. The van der Waals surface area contributed by atoms with Crippen LogP contribution in [0.4, 0.5) is 0 Å². The summed E-state index contributed by atoms with van der Waals surface area (Å²) in [5.74, 6) is 1.48. The lowest BCUT2D eigenvalue weighted by Crippen LogP contribution is -2.26. The van der Waals surface area contributed by atoms with Crippen molar-refractivity contribution in [1.82, 2.24) is 5.32 Å². The summed E-state index contributed by atoms with van der Waals surface area (Å²) in [5, 5.41) is 3.60. The second-order valence-corrected chi connectivity index (χ2v) is 6.19. The van der Waals surface area contributed by atoms with Crippen molar-refractivity contribution in [3.63, 3.8) is 0 Å². The van der Waals surface area contributed by atoms with Crippen LogP contribution in [-0.2, 0) is 4.74 Å². The molecule has 0 aliphatic rings. The lowest BCUT2D eigenvalue weighted by molar-refractivity contribution is 0.146. The van der Waals surface area contributed by atoms with Gasteiger partial charge in [-0.3, -0.25) is 0 Å². The molecule has 2 atom stereocenters. The highest BCUT2D eigenvalue weighted by atomic mass is 79.9. The Bertz CT molecular complexity index is 412. The average Bonchev–Trinajstić information content (AvgIpc) is 2.47. The molecular weight excluding hydrogens is 330 g/mol. The highest BCUT2D eigenvalue weighted by Crippen LogP contribution is 2.32. The first kappa shape index (κ1) is 18.5. The molecule has 1 aromatic carbocycles. The van der Waals surface area contributed by atoms with Crippen LogP contribution < -0.4 is 10.1 Å². The fraction of sp³-hybridized carbons (Fsp3) is 0.647. The van der Waals surface area contributed by atoms with Crippen LogP contribution in [0.15, 0.2) is 22.7 Å². The second-order valence-electron chi connectivity index (χ2n) is 5.33. The number of ether oxygens (including phenoxy) is 2. The Morgan fingerprint density at radius 3 is 2.57 bits per heavy atom. The Morgan fingerprint density at radius 1 is 1.24 bits per heavy atom. The minimum absolute atomic E-state index is 0.388. The normalized spacial score (nSPS) is 14.0. The largest absolute Gasteiger partial charge is 0.490 e. The van der Waals surface area contributed by atoms with Crippen LogP contribution in [0, 0.1) is 5.92 Å². The van der Waals surface area contributed by atoms with E-state index < -0.39 is 0 Å². The standard InChI is InChI=1S/C17H28BrNO2/c1-5-7-13(3)17(19-6-2)14-8-9-16(15(18)12-14)21-11-10-20-4/h8-9,12-13,17,19H,5-7,10-11H2,1-4H3. The van der Waals surface area contributed by atoms with Gasteiger partial charge in [0.25, 0.3) is 0 Å². The predicted molar refractivity (Wildman–Crippen MR) is 92.0 cm³/mol. The van der Waals surface area contributed by atoms with Crippen LogP contribution in [0.25, 0.3) is 0 Å². The summed E-state index contributed by atoms with van der Waals surface area (Å²) < 4.78 is 11.7. The summed E-state index contributed by atoms with van der Waals surface area (Å²) >= 11 is 3.61. The molecule has 0 aromatic heterocycles. The number of rotatable bonds is 10. The average molecular weight is 358 g/mol. The van der Waals surface area contributed by atoms with E-state index in [1.165, 1.54) is 18.4 Å². The van der Waals surface area contributed by atoms with Gasteiger partial charge in [-0.1, -0.05) is 33.3 Å². The van der Waals surface area contributed by atoms with Crippen molar-refractivity contribution in [2.45, 2.75) is 39.7 Å². The number of methoxy groups -OCH3 is 1. The number of hydrogen-bond donors (Lipinski definition) is 1. The third kappa shape index (κ3) is 5.97. The minimum Gasteiger partial charge on any atom is -0.490 e. The van der Waals surface area contributed by atoms with Gasteiger partial charge in [0, 0.05) is 13.2 Å². The summed E-state index contributed by atoms with van der Waals surface area (Å²) in [7, 11) is 1.68. The van der Waals surface area contributed by atoms with Gasteiger partial charge in [-0.15, -0.1) is 0 Å². The minimum atomic E-state index is 0.388. The molecule has 0 heterocycles. The van der Waals surface area contributed by atoms with Crippen LogP contribution >= 0.6 is 15.9 Å². The molecule has 21 heavy (non-hydrogen) atoms. The van der Waals surface area contributed by atoms with Crippen molar-refractivity contribution < 1.29 is 9.47 Å². The van der Waals surface area contributed by atoms with Gasteiger partial charge in [0.2, 0.25) is 0 Å². The lowest BCUT2D eigenvalue weighted by Gasteiger charge is -2.25. The van der Waals surface area contributed by atoms with Crippen LogP contribution in [-0.4, -0.2) is 26.9 Å². The molecule has 1 rings (SSSR count). The molecule has 0 radical (unpaired) electrons. The fourth-order valence-electron chi connectivity index (χ4n) is 2.55. The van der Waals surface area contributed by atoms with Crippen molar-refractivity contribution in [2.24, 2.45) is 5.92 Å². The zero-order valence-electron chi connectivity index (χ0n) is 13.6. The van der Waals surface area contributed by atoms with Gasteiger partial charge >= 0.3 is 0 Å². The molecule has 0 bridgehead atoms. The molecule has 0 saturated heterocycles. The molecule has 0 amide bonds. The maximum Gasteiger partial charge on any atom is 0.133 e. The van der Waals surface area contributed by atoms with E-state index in [9.17, 15) is 0 Å². The van der Waals surface area contributed by atoms with E-state index in [0.717, 1.165) is 16.8 Å². The van der Waals surface area contributed by atoms with Crippen molar-refractivity contribution in [2.75, 3.05) is 26.9 Å². The van der Waals surface area contributed by atoms with E-state index in [-0.39, 0.29) is 0 Å². The van der Waals surface area contributed by atoms with Crippen LogP contribution in [0.1, 0.15) is 45.2 Å². The number of hydrogen-bond acceptors (Lipinski definition) is 3. The lowest BCUT2D eigenvalue weighted by atomic mass is 9.91. The molecule has 0 saturated carbocycles. The van der Waals surface area contributed by atoms with E-state index in [1.54, 1.807) is 7.11 Å². The molecular formula is C17H28BrNO2. The van der Waals surface area contributed by atoms with Gasteiger partial charge in [0.1, 0.15) is 12.4 Å². The molecule has 0 spiro atoms. The first-order valence-corrected chi connectivity index (χ1v) is 8.57. The van der Waals surface area contributed by atoms with Crippen LogP contribution in [0.3, 0.4) is 0 Å². The summed E-state index contributed by atoms with van der Waals surface area (Å²) in [6.07, 6.45) is 2.43. The van der Waals surface area contributed by atoms with E-state index in [0.29, 0.717) is 25.2 Å². The molecule has 4 heteroatoms. The van der Waals surface area contributed by atoms with Crippen molar-refractivity contribution >= 4 is 15.9 Å². The molecule has 120 valence electrons. The van der Waals surface area contributed by atoms with Gasteiger partial charge in [0.15, 0.2) is 0 Å². The van der Waals surface area contributed by atoms with Gasteiger partial charge in [-0.2, -0.15) is 0 Å². The van der Waals surface area contributed by atoms with Gasteiger partial charge < -0.3 is 14.8 Å². The Labute approximate surface area is 137 Å². The molecule has 0 fully saturated rings. The van der Waals surface area contributed by atoms with E-state index in [1.807, 2.05) is 6.07 Å². The molecule has 0 aliphatic carbocycles. The first-order chi connectivity index (χ1) is 10.1.